The quantitative estimate of drug-likeness (QED) is 0.908. The fourth-order valence-corrected chi connectivity index (χ4v) is 2.51. The van der Waals surface area contributed by atoms with Gasteiger partial charge in [0, 0.05) is 25.8 Å². The van der Waals surface area contributed by atoms with Crippen LogP contribution in [0.1, 0.15) is 12.5 Å². The van der Waals surface area contributed by atoms with Gasteiger partial charge in [-0.3, -0.25) is 4.90 Å². The van der Waals surface area contributed by atoms with E-state index in [1.165, 1.54) is 0 Å². The van der Waals surface area contributed by atoms with Gasteiger partial charge in [0.05, 0.1) is 12.7 Å². The number of morpholine rings is 1. The number of fused-ring (bicyclic) bond motifs is 1. The van der Waals surface area contributed by atoms with Gasteiger partial charge < -0.3 is 10.1 Å². The maximum atomic E-state index is 5.76. The minimum Gasteiger partial charge on any atom is -0.374 e. The third kappa shape index (κ3) is 2.76. The summed E-state index contributed by atoms with van der Waals surface area (Å²) in [6.45, 7) is 8.84. The predicted molar refractivity (Wildman–Crippen MR) is 78.1 cm³/mol. The van der Waals surface area contributed by atoms with E-state index < -0.39 is 0 Å². The maximum absolute atomic E-state index is 5.76. The summed E-state index contributed by atoms with van der Waals surface area (Å²) in [6.07, 6.45) is 2.12. The van der Waals surface area contributed by atoms with Crippen molar-refractivity contribution < 1.29 is 4.74 Å². The molecule has 1 fully saturated rings. The summed E-state index contributed by atoms with van der Waals surface area (Å²) >= 11 is 0. The Kier molecular flexibility index (Phi) is 3.84. The number of pyridine rings is 1. The molecule has 6 heteroatoms. The van der Waals surface area contributed by atoms with Crippen LogP contribution in [0, 0.1) is 6.92 Å². The Morgan fingerprint density at radius 1 is 1.50 bits per heavy atom. The lowest BCUT2D eigenvalue weighted by atomic mass is 10.2. The molecule has 20 heavy (non-hydrogen) atoms. The number of aryl methyl sites for hydroxylation is 1. The highest BCUT2D eigenvalue weighted by molar-refractivity contribution is 5.49. The summed E-state index contributed by atoms with van der Waals surface area (Å²) in [4.78, 5) is 6.91. The van der Waals surface area contributed by atoms with E-state index >= 15 is 0 Å². The van der Waals surface area contributed by atoms with E-state index in [1.54, 1.807) is 4.52 Å². The van der Waals surface area contributed by atoms with Gasteiger partial charge in [0.1, 0.15) is 0 Å². The highest BCUT2D eigenvalue weighted by Crippen LogP contribution is 2.11. The van der Waals surface area contributed by atoms with Gasteiger partial charge >= 0.3 is 0 Å². The summed E-state index contributed by atoms with van der Waals surface area (Å²) in [5.74, 6) is 0.663. The van der Waals surface area contributed by atoms with Crippen molar-refractivity contribution in [3.8, 4) is 0 Å². The highest BCUT2D eigenvalue weighted by Gasteiger charge is 2.19. The van der Waals surface area contributed by atoms with Crippen LogP contribution in [0.2, 0.25) is 0 Å². The van der Waals surface area contributed by atoms with Crippen LogP contribution in [0.5, 0.6) is 0 Å². The Hall–Kier alpha value is -1.66. The largest absolute Gasteiger partial charge is 0.374 e. The summed E-state index contributed by atoms with van der Waals surface area (Å²) in [5.41, 5.74) is 2.02. The molecule has 1 aliphatic rings. The molecule has 2 aromatic heterocycles. The molecule has 3 heterocycles. The van der Waals surface area contributed by atoms with Crippen molar-refractivity contribution in [2.24, 2.45) is 0 Å². The van der Waals surface area contributed by atoms with Gasteiger partial charge in [-0.1, -0.05) is 13.0 Å². The van der Waals surface area contributed by atoms with Crippen molar-refractivity contribution >= 4 is 11.6 Å². The Balaban J connectivity index is 1.63. The zero-order chi connectivity index (χ0) is 13.9. The van der Waals surface area contributed by atoms with E-state index in [0.29, 0.717) is 5.95 Å². The van der Waals surface area contributed by atoms with Crippen molar-refractivity contribution in [1.82, 2.24) is 19.5 Å². The molecule has 3 rings (SSSR count). The fraction of sp³-hybridized carbons (Fsp3) is 0.571. The molecule has 108 valence electrons. The van der Waals surface area contributed by atoms with E-state index in [9.17, 15) is 0 Å². The van der Waals surface area contributed by atoms with Crippen LogP contribution >= 0.6 is 0 Å². The maximum Gasteiger partial charge on any atom is 0.243 e. The summed E-state index contributed by atoms with van der Waals surface area (Å²) in [7, 11) is 0. The van der Waals surface area contributed by atoms with Crippen LogP contribution in [0.15, 0.2) is 18.3 Å². The van der Waals surface area contributed by atoms with Crippen molar-refractivity contribution in [2.45, 2.75) is 20.0 Å². The minimum atomic E-state index is 0.205. The number of hydrogen-bond donors (Lipinski definition) is 1. The molecule has 1 atom stereocenters. The lowest BCUT2D eigenvalue weighted by Gasteiger charge is -2.31. The number of hydrogen-bond acceptors (Lipinski definition) is 5. The van der Waals surface area contributed by atoms with Crippen LogP contribution in [0.3, 0.4) is 0 Å². The van der Waals surface area contributed by atoms with E-state index in [-0.39, 0.29) is 6.10 Å². The number of rotatable bonds is 4. The summed E-state index contributed by atoms with van der Waals surface area (Å²) in [6, 6.07) is 4.02. The Morgan fingerprint density at radius 3 is 3.20 bits per heavy atom. The topological polar surface area (TPSA) is 54.7 Å². The summed E-state index contributed by atoms with van der Waals surface area (Å²) < 4.78 is 7.57. The second-order valence-electron chi connectivity index (χ2n) is 5.16. The van der Waals surface area contributed by atoms with Crippen molar-refractivity contribution in [3.63, 3.8) is 0 Å². The highest BCUT2D eigenvalue weighted by atomic mass is 16.5. The molecular weight excluding hydrogens is 254 g/mol. The number of ether oxygens (including phenoxy) is 1. The van der Waals surface area contributed by atoms with Crippen LogP contribution in [0.4, 0.5) is 5.95 Å². The molecule has 0 amide bonds. The number of anilines is 1. The number of aromatic nitrogens is 3. The average Bonchev–Trinajstić information content (AvgIpc) is 2.90. The second-order valence-corrected chi connectivity index (χ2v) is 5.16. The molecular formula is C14H21N5O. The molecule has 0 aliphatic carbocycles. The van der Waals surface area contributed by atoms with E-state index in [2.05, 4.69) is 27.2 Å². The first kappa shape index (κ1) is 13.3. The molecule has 1 aliphatic heterocycles. The van der Waals surface area contributed by atoms with Crippen LogP contribution < -0.4 is 5.32 Å². The van der Waals surface area contributed by atoms with Crippen molar-refractivity contribution in [1.29, 1.82) is 0 Å². The third-order valence-corrected chi connectivity index (χ3v) is 3.72. The van der Waals surface area contributed by atoms with Crippen molar-refractivity contribution in [3.05, 3.63) is 23.9 Å². The Morgan fingerprint density at radius 2 is 2.40 bits per heavy atom. The Bertz CT molecular complexity index is 582. The van der Waals surface area contributed by atoms with Crippen LogP contribution in [-0.2, 0) is 4.74 Å². The summed E-state index contributed by atoms with van der Waals surface area (Å²) in [5, 5.41) is 7.70. The SMILES string of the molecule is CCN1CCOC(CNc2nc3c(C)cccn3n2)C1. The van der Waals surface area contributed by atoms with Gasteiger partial charge in [-0.2, -0.15) is 4.98 Å². The molecule has 0 radical (unpaired) electrons. The first-order valence-corrected chi connectivity index (χ1v) is 7.16. The molecule has 6 nitrogen and oxygen atoms in total. The third-order valence-electron chi connectivity index (χ3n) is 3.72. The molecule has 2 aromatic rings. The smallest absolute Gasteiger partial charge is 0.243 e. The predicted octanol–water partition coefficient (Wildman–Crippen LogP) is 1.17. The Labute approximate surface area is 118 Å². The van der Waals surface area contributed by atoms with E-state index in [0.717, 1.165) is 44.0 Å². The average molecular weight is 275 g/mol. The van der Waals surface area contributed by atoms with Gasteiger partial charge in [-0.05, 0) is 25.1 Å². The van der Waals surface area contributed by atoms with E-state index in [4.69, 9.17) is 4.74 Å². The van der Waals surface area contributed by atoms with Crippen LogP contribution in [-0.4, -0.2) is 58.4 Å². The first-order valence-electron chi connectivity index (χ1n) is 7.16. The van der Waals surface area contributed by atoms with Gasteiger partial charge in [-0.25, -0.2) is 4.52 Å². The monoisotopic (exact) mass is 275 g/mol. The molecule has 0 bridgehead atoms. The molecule has 0 aromatic carbocycles. The van der Waals surface area contributed by atoms with E-state index in [1.807, 2.05) is 25.3 Å². The molecule has 1 saturated heterocycles. The molecule has 0 spiro atoms. The van der Waals surface area contributed by atoms with Gasteiger partial charge in [0.2, 0.25) is 5.95 Å². The molecule has 0 saturated carbocycles. The second kappa shape index (κ2) is 5.76. The van der Waals surface area contributed by atoms with Crippen molar-refractivity contribution in [2.75, 3.05) is 38.1 Å². The standard InChI is InChI=1S/C14H21N5O/c1-3-18-7-8-20-12(10-18)9-15-14-16-13-11(2)5-4-6-19(13)17-14/h4-6,12H,3,7-10H2,1-2H3,(H,15,17). The lowest BCUT2D eigenvalue weighted by molar-refractivity contribution is -0.0192. The molecule has 1 unspecified atom stereocenters. The molecule has 1 N–H and O–H groups in total. The minimum absolute atomic E-state index is 0.205. The lowest BCUT2D eigenvalue weighted by Crippen LogP contribution is -2.45. The fourth-order valence-electron chi connectivity index (χ4n) is 2.51. The van der Waals surface area contributed by atoms with Gasteiger partial charge in [0.15, 0.2) is 5.65 Å². The zero-order valence-corrected chi connectivity index (χ0v) is 12.0. The van der Waals surface area contributed by atoms with Crippen LogP contribution in [0.25, 0.3) is 5.65 Å². The zero-order valence-electron chi connectivity index (χ0n) is 12.0. The van der Waals surface area contributed by atoms with Gasteiger partial charge in [0.25, 0.3) is 0 Å². The number of nitrogens with one attached hydrogen (secondary N) is 1. The number of likely N-dealkylation sites (N-methyl/N-ethyl adjacent to an activating group) is 1. The normalized spacial score (nSPS) is 20.4. The first-order chi connectivity index (χ1) is 9.76. The number of nitrogens with zero attached hydrogens (tertiary/aromatic N) is 4. The van der Waals surface area contributed by atoms with Gasteiger partial charge in [-0.15, -0.1) is 5.10 Å².